The molecule has 0 saturated heterocycles. The summed E-state index contributed by atoms with van der Waals surface area (Å²) in [6, 6.07) is 4.77. The lowest BCUT2D eigenvalue weighted by Gasteiger charge is -2.09. The molecule has 0 aliphatic rings. The number of hydrogen-bond donors (Lipinski definition) is 3. The molecule has 0 bridgehead atoms. The zero-order valence-corrected chi connectivity index (χ0v) is 10.3. The van der Waals surface area contributed by atoms with Crippen molar-refractivity contribution < 1.29 is 4.79 Å². The Labute approximate surface area is 108 Å². The topological polar surface area (TPSA) is 97.9 Å². The lowest BCUT2D eigenvalue weighted by Crippen LogP contribution is -2.19. The molecule has 1 aromatic carbocycles. The van der Waals surface area contributed by atoms with Gasteiger partial charge in [0.15, 0.2) is 0 Å². The molecule has 0 aliphatic carbocycles. The van der Waals surface area contributed by atoms with Gasteiger partial charge in [-0.05, 0) is 18.2 Å². The maximum absolute atomic E-state index is 12.0. The molecule has 1 aromatic heterocycles. The zero-order valence-electron chi connectivity index (χ0n) is 9.51. The summed E-state index contributed by atoms with van der Waals surface area (Å²) in [6.45, 7) is 0. The van der Waals surface area contributed by atoms with Crippen molar-refractivity contribution in [1.29, 1.82) is 0 Å². The van der Waals surface area contributed by atoms with Gasteiger partial charge in [-0.2, -0.15) is 10.1 Å². The normalized spacial score (nSPS) is 10.2. The number of anilines is 2. The van der Waals surface area contributed by atoms with Gasteiger partial charge < -0.3 is 5.43 Å². The van der Waals surface area contributed by atoms with Gasteiger partial charge >= 0.3 is 0 Å². The summed E-state index contributed by atoms with van der Waals surface area (Å²) in [5.74, 6) is 5.30. The molecule has 1 amide bonds. The van der Waals surface area contributed by atoms with Crippen LogP contribution in [0.1, 0.15) is 10.4 Å². The minimum atomic E-state index is -0.374. The number of nitrogen functional groups attached to an aromatic ring is 1. The predicted molar refractivity (Wildman–Crippen MR) is 68.2 cm³/mol. The summed E-state index contributed by atoms with van der Waals surface area (Å²) >= 11 is 5.85. The highest BCUT2D eigenvalue weighted by atomic mass is 35.5. The van der Waals surface area contributed by atoms with Crippen molar-refractivity contribution >= 4 is 29.1 Å². The Morgan fingerprint density at radius 2 is 2.28 bits per heavy atom. The van der Waals surface area contributed by atoms with Gasteiger partial charge in [-0.25, -0.2) is 4.68 Å². The maximum atomic E-state index is 12.0. The van der Waals surface area contributed by atoms with Gasteiger partial charge in [0, 0.05) is 12.1 Å². The molecule has 94 valence electrons. The molecule has 2 rings (SSSR count). The molecular weight excluding hydrogens is 256 g/mol. The van der Waals surface area contributed by atoms with E-state index in [1.165, 1.54) is 17.1 Å². The van der Waals surface area contributed by atoms with Crippen LogP contribution in [0.2, 0.25) is 5.02 Å². The molecule has 0 atom stereocenters. The van der Waals surface area contributed by atoms with Crippen LogP contribution in [0.5, 0.6) is 0 Å². The number of benzene rings is 1. The van der Waals surface area contributed by atoms with Crippen LogP contribution >= 0.6 is 11.6 Å². The summed E-state index contributed by atoms with van der Waals surface area (Å²) in [5.41, 5.74) is 3.23. The Kier molecular flexibility index (Phi) is 3.45. The summed E-state index contributed by atoms with van der Waals surface area (Å²) in [4.78, 5) is 15.9. The van der Waals surface area contributed by atoms with Crippen molar-refractivity contribution in [2.45, 2.75) is 0 Å². The third-order valence-corrected chi connectivity index (χ3v) is 2.55. The van der Waals surface area contributed by atoms with Gasteiger partial charge in [0.05, 0.1) is 11.3 Å². The van der Waals surface area contributed by atoms with Crippen LogP contribution in [-0.2, 0) is 7.05 Å². The van der Waals surface area contributed by atoms with Crippen molar-refractivity contribution in [1.82, 2.24) is 14.8 Å². The van der Waals surface area contributed by atoms with Crippen molar-refractivity contribution in [3.05, 3.63) is 35.1 Å². The second-order valence-electron chi connectivity index (χ2n) is 3.50. The molecule has 8 heteroatoms. The molecule has 4 N–H and O–H groups in total. The lowest BCUT2D eigenvalue weighted by molar-refractivity contribution is 0.102. The summed E-state index contributed by atoms with van der Waals surface area (Å²) in [6.07, 6.45) is 1.34. The van der Waals surface area contributed by atoms with Crippen molar-refractivity contribution in [3.63, 3.8) is 0 Å². The van der Waals surface area contributed by atoms with Crippen LogP contribution in [0.3, 0.4) is 0 Å². The summed E-state index contributed by atoms with van der Waals surface area (Å²) in [5, 5.41) is 6.89. The Balaban J connectivity index is 2.29. The second kappa shape index (κ2) is 5.03. The third kappa shape index (κ3) is 2.41. The number of halogens is 1. The number of rotatable bonds is 3. The van der Waals surface area contributed by atoms with Crippen LogP contribution in [0.15, 0.2) is 24.5 Å². The van der Waals surface area contributed by atoms with Crippen LogP contribution in [0.25, 0.3) is 0 Å². The second-order valence-corrected chi connectivity index (χ2v) is 3.93. The lowest BCUT2D eigenvalue weighted by atomic mass is 10.1. The molecule has 7 nitrogen and oxygen atoms in total. The monoisotopic (exact) mass is 266 g/mol. The fourth-order valence-electron chi connectivity index (χ4n) is 1.41. The van der Waals surface area contributed by atoms with E-state index >= 15 is 0 Å². The number of aryl methyl sites for hydroxylation is 1. The fourth-order valence-corrected chi connectivity index (χ4v) is 1.58. The van der Waals surface area contributed by atoms with Gasteiger partial charge in [0.25, 0.3) is 5.91 Å². The Morgan fingerprint density at radius 1 is 1.50 bits per heavy atom. The van der Waals surface area contributed by atoms with E-state index in [0.717, 1.165) is 0 Å². The SMILES string of the molecule is Cn1ncnc1NC(=O)c1cc(Cl)ccc1NN. The minimum Gasteiger partial charge on any atom is -0.323 e. The van der Waals surface area contributed by atoms with E-state index in [2.05, 4.69) is 20.8 Å². The molecule has 0 radical (unpaired) electrons. The number of amides is 1. The number of aromatic nitrogens is 3. The minimum absolute atomic E-state index is 0.327. The molecule has 2 aromatic rings. The van der Waals surface area contributed by atoms with Gasteiger partial charge in [-0.15, -0.1) is 0 Å². The van der Waals surface area contributed by atoms with E-state index < -0.39 is 0 Å². The largest absolute Gasteiger partial charge is 0.323 e. The highest BCUT2D eigenvalue weighted by molar-refractivity contribution is 6.31. The first-order valence-electron chi connectivity index (χ1n) is 5.03. The Hall–Kier alpha value is -2.12. The zero-order chi connectivity index (χ0) is 13.1. The average Bonchev–Trinajstić information content (AvgIpc) is 2.75. The number of nitrogens with one attached hydrogen (secondary N) is 2. The number of hydrogen-bond acceptors (Lipinski definition) is 5. The summed E-state index contributed by atoms with van der Waals surface area (Å²) in [7, 11) is 1.67. The van der Waals surface area contributed by atoms with Gasteiger partial charge in [-0.3, -0.25) is 16.0 Å². The molecule has 0 fully saturated rings. The first-order chi connectivity index (χ1) is 8.61. The summed E-state index contributed by atoms with van der Waals surface area (Å²) < 4.78 is 1.44. The molecular formula is C10H11ClN6O. The first kappa shape index (κ1) is 12.3. The average molecular weight is 267 g/mol. The van der Waals surface area contributed by atoms with Crippen molar-refractivity contribution in [2.75, 3.05) is 10.7 Å². The Morgan fingerprint density at radius 3 is 2.89 bits per heavy atom. The standard InChI is InChI=1S/C10H11ClN6O/c1-17-10(13-5-14-17)15-9(18)7-4-6(11)2-3-8(7)16-12/h2-5,16H,12H2,1H3,(H,13,14,15,18). The van der Waals surface area contributed by atoms with E-state index in [4.69, 9.17) is 17.4 Å². The van der Waals surface area contributed by atoms with Gasteiger partial charge in [-0.1, -0.05) is 11.6 Å². The smallest absolute Gasteiger partial charge is 0.260 e. The molecule has 0 aliphatic heterocycles. The van der Waals surface area contributed by atoms with Gasteiger partial charge in [0.1, 0.15) is 6.33 Å². The van der Waals surface area contributed by atoms with Gasteiger partial charge in [0.2, 0.25) is 5.95 Å². The molecule has 0 spiro atoms. The molecule has 0 saturated carbocycles. The van der Waals surface area contributed by atoms with E-state index in [1.54, 1.807) is 19.2 Å². The molecule has 18 heavy (non-hydrogen) atoms. The van der Waals surface area contributed by atoms with Crippen LogP contribution in [-0.4, -0.2) is 20.7 Å². The molecule has 0 unspecified atom stereocenters. The van der Waals surface area contributed by atoms with Crippen molar-refractivity contribution in [2.24, 2.45) is 12.9 Å². The van der Waals surface area contributed by atoms with E-state index in [-0.39, 0.29) is 5.91 Å². The first-order valence-corrected chi connectivity index (χ1v) is 5.41. The van der Waals surface area contributed by atoms with E-state index in [1.807, 2.05) is 0 Å². The fraction of sp³-hybridized carbons (Fsp3) is 0.100. The van der Waals surface area contributed by atoms with Crippen LogP contribution < -0.4 is 16.6 Å². The Bertz CT molecular complexity index is 581. The predicted octanol–water partition coefficient (Wildman–Crippen LogP) is 1.01. The van der Waals surface area contributed by atoms with Crippen LogP contribution in [0.4, 0.5) is 11.6 Å². The van der Waals surface area contributed by atoms with E-state index in [0.29, 0.717) is 22.2 Å². The number of carbonyl (C=O) groups is 1. The number of carbonyl (C=O) groups excluding carboxylic acids is 1. The quantitative estimate of drug-likeness (QED) is 0.569. The number of nitrogens with two attached hydrogens (primary N) is 1. The number of nitrogens with zero attached hydrogens (tertiary/aromatic N) is 3. The maximum Gasteiger partial charge on any atom is 0.260 e. The third-order valence-electron chi connectivity index (χ3n) is 2.32. The molecule has 1 heterocycles. The van der Waals surface area contributed by atoms with Crippen molar-refractivity contribution in [3.8, 4) is 0 Å². The highest BCUT2D eigenvalue weighted by Crippen LogP contribution is 2.20. The van der Waals surface area contributed by atoms with E-state index in [9.17, 15) is 4.79 Å². The highest BCUT2D eigenvalue weighted by Gasteiger charge is 2.13. The van der Waals surface area contributed by atoms with Crippen LogP contribution in [0, 0.1) is 0 Å². The number of hydrazine groups is 1.